The number of anilines is 2. The molecule has 1 aromatic rings. The highest BCUT2D eigenvalue weighted by Crippen LogP contribution is 2.07. The number of nitrogens with zero attached hydrogens (tertiary/aromatic N) is 3. The summed E-state index contributed by atoms with van der Waals surface area (Å²) >= 11 is 1.50. The van der Waals surface area contributed by atoms with E-state index in [0.29, 0.717) is 18.0 Å². The number of hydrogen-bond acceptors (Lipinski definition) is 8. The van der Waals surface area contributed by atoms with Crippen LogP contribution in [0.25, 0.3) is 0 Å². The molecular formula is C8H15N5O2S. The van der Waals surface area contributed by atoms with Crippen molar-refractivity contribution in [3.63, 3.8) is 0 Å². The van der Waals surface area contributed by atoms with Gasteiger partial charge in [-0.1, -0.05) is 0 Å². The molecule has 0 amide bonds. The van der Waals surface area contributed by atoms with Crippen LogP contribution >= 0.6 is 11.8 Å². The quantitative estimate of drug-likeness (QED) is 0.453. The summed E-state index contributed by atoms with van der Waals surface area (Å²) in [5, 5.41) is 17.7. The number of nitrogens with two attached hydrogens (primary N) is 2. The molecule has 0 aromatic carbocycles. The Labute approximate surface area is 97.3 Å². The Morgan fingerprint density at radius 3 is 2.38 bits per heavy atom. The van der Waals surface area contributed by atoms with Gasteiger partial charge in [0.25, 0.3) is 0 Å². The smallest absolute Gasteiger partial charge is 0.225 e. The third-order valence-corrected chi connectivity index (χ3v) is 2.82. The molecule has 1 rings (SSSR count). The van der Waals surface area contributed by atoms with Crippen molar-refractivity contribution in [2.75, 3.05) is 29.6 Å². The molecule has 0 aliphatic carbocycles. The minimum absolute atomic E-state index is 0.114. The summed E-state index contributed by atoms with van der Waals surface area (Å²) in [4.78, 5) is 11.5. The molecule has 6 N–H and O–H groups in total. The first-order valence-corrected chi connectivity index (χ1v) is 5.90. The average Bonchev–Trinajstić information content (AvgIpc) is 2.22. The van der Waals surface area contributed by atoms with Crippen LogP contribution in [0.1, 0.15) is 5.82 Å². The zero-order chi connectivity index (χ0) is 12.0. The molecular weight excluding hydrogens is 230 g/mol. The standard InChI is InChI=1S/C8H15N5O2S/c9-7-11-6(12-8(10)13-7)1-2-16-4-5(15)3-14/h5,14-15H,1-4H2,(H4,9,10,11,12,13). The second kappa shape index (κ2) is 6.46. The van der Waals surface area contributed by atoms with E-state index in [1.54, 1.807) is 0 Å². The molecule has 0 aliphatic heterocycles. The Hall–Kier alpha value is -1.12. The maximum absolute atomic E-state index is 9.09. The Morgan fingerprint density at radius 1 is 1.19 bits per heavy atom. The molecule has 0 radical (unpaired) electrons. The van der Waals surface area contributed by atoms with Gasteiger partial charge in [0.2, 0.25) is 11.9 Å². The summed E-state index contributed by atoms with van der Waals surface area (Å²) in [6.07, 6.45) is -0.0850. The van der Waals surface area contributed by atoms with Crippen molar-refractivity contribution in [3.8, 4) is 0 Å². The number of aromatic nitrogens is 3. The number of nitrogen functional groups attached to an aromatic ring is 2. The van der Waals surface area contributed by atoms with Crippen molar-refractivity contribution >= 4 is 23.7 Å². The van der Waals surface area contributed by atoms with Crippen LogP contribution in [-0.4, -0.2) is 49.4 Å². The summed E-state index contributed by atoms with van der Waals surface area (Å²) in [6.45, 7) is -0.224. The predicted molar refractivity (Wildman–Crippen MR) is 62.8 cm³/mol. The highest BCUT2D eigenvalue weighted by Gasteiger charge is 2.04. The van der Waals surface area contributed by atoms with Gasteiger partial charge in [-0.15, -0.1) is 0 Å². The van der Waals surface area contributed by atoms with E-state index in [2.05, 4.69) is 15.0 Å². The molecule has 7 nitrogen and oxygen atoms in total. The van der Waals surface area contributed by atoms with Gasteiger partial charge in [-0.05, 0) is 0 Å². The SMILES string of the molecule is Nc1nc(N)nc(CCSCC(O)CO)n1. The fraction of sp³-hybridized carbons (Fsp3) is 0.625. The van der Waals surface area contributed by atoms with Crippen LogP contribution < -0.4 is 11.5 Å². The highest BCUT2D eigenvalue weighted by molar-refractivity contribution is 7.99. The molecule has 1 unspecified atom stereocenters. The minimum atomic E-state index is -0.682. The molecule has 90 valence electrons. The van der Waals surface area contributed by atoms with Crippen LogP contribution in [-0.2, 0) is 6.42 Å². The maximum Gasteiger partial charge on any atom is 0.225 e. The van der Waals surface area contributed by atoms with Gasteiger partial charge in [0, 0.05) is 17.9 Å². The molecule has 0 fully saturated rings. The fourth-order valence-electron chi connectivity index (χ4n) is 1.00. The lowest BCUT2D eigenvalue weighted by Crippen LogP contribution is -2.15. The van der Waals surface area contributed by atoms with Gasteiger partial charge in [0.1, 0.15) is 5.82 Å². The normalized spacial score (nSPS) is 12.6. The monoisotopic (exact) mass is 245 g/mol. The van der Waals surface area contributed by atoms with Crippen LogP contribution in [0.2, 0.25) is 0 Å². The van der Waals surface area contributed by atoms with E-state index in [0.717, 1.165) is 5.75 Å². The van der Waals surface area contributed by atoms with E-state index in [1.165, 1.54) is 11.8 Å². The summed E-state index contributed by atoms with van der Waals surface area (Å²) < 4.78 is 0. The van der Waals surface area contributed by atoms with Crippen molar-refractivity contribution in [2.45, 2.75) is 12.5 Å². The van der Waals surface area contributed by atoms with Crippen molar-refractivity contribution in [1.82, 2.24) is 15.0 Å². The Bertz CT molecular complexity index is 318. The molecule has 8 heteroatoms. The van der Waals surface area contributed by atoms with E-state index in [1.807, 2.05) is 0 Å². The van der Waals surface area contributed by atoms with Crippen molar-refractivity contribution in [1.29, 1.82) is 0 Å². The molecule has 1 heterocycles. The lowest BCUT2D eigenvalue weighted by Gasteiger charge is -2.06. The summed E-state index contributed by atoms with van der Waals surface area (Å²) in [5.74, 6) is 1.97. The molecule has 1 atom stereocenters. The minimum Gasteiger partial charge on any atom is -0.394 e. The van der Waals surface area contributed by atoms with Crippen LogP contribution in [0.15, 0.2) is 0 Å². The number of aliphatic hydroxyl groups excluding tert-OH is 2. The van der Waals surface area contributed by atoms with Crippen LogP contribution in [0.4, 0.5) is 11.9 Å². The first kappa shape index (κ1) is 12.9. The zero-order valence-electron chi connectivity index (χ0n) is 8.70. The number of hydrogen-bond donors (Lipinski definition) is 4. The van der Waals surface area contributed by atoms with Gasteiger partial charge in [-0.3, -0.25) is 0 Å². The van der Waals surface area contributed by atoms with Crippen molar-refractivity contribution < 1.29 is 10.2 Å². The highest BCUT2D eigenvalue weighted by atomic mass is 32.2. The zero-order valence-corrected chi connectivity index (χ0v) is 9.52. The van der Waals surface area contributed by atoms with Gasteiger partial charge in [-0.2, -0.15) is 26.7 Å². The lowest BCUT2D eigenvalue weighted by atomic mass is 10.4. The Kier molecular flexibility index (Phi) is 5.23. The van der Waals surface area contributed by atoms with Crippen molar-refractivity contribution in [2.24, 2.45) is 0 Å². The number of rotatable bonds is 6. The molecule has 16 heavy (non-hydrogen) atoms. The molecule has 0 aliphatic rings. The first-order chi connectivity index (χ1) is 7.61. The first-order valence-electron chi connectivity index (χ1n) is 4.74. The average molecular weight is 245 g/mol. The third kappa shape index (κ3) is 4.60. The molecule has 0 saturated heterocycles. The maximum atomic E-state index is 9.09. The number of aryl methyl sites for hydroxylation is 1. The summed E-state index contributed by atoms with van der Waals surface area (Å²) in [7, 11) is 0. The topological polar surface area (TPSA) is 131 Å². The van der Waals surface area contributed by atoms with Crippen LogP contribution in [0, 0.1) is 0 Å². The second-order valence-electron chi connectivity index (χ2n) is 3.13. The number of aliphatic hydroxyl groups is 2. The van der Waals surface area contributed by atoms with E-state index in [4.69, 9.17) is 21.7 Å². The molecule has 1 aromatic heterocycles. The van der Waals surface area contributed by atoms with Crippen LogP contribution in [0.5, 0.6) is 0 Å². The summed E-state index contributed by atoms with van der Waals surface area (Å²) in [6, 6.07) is 0. The summed E-state index contributed by atoms with van der Waals surface area (Å²) in [5.41, 5.74) is 10.8. The van der Waals surface area contributed by atoms with Gasteiger partial charge >= 0.3 is 0 Å². The number of thioether (sulfide) groups is 1. The van der Waals surface area contributed by atoms with Gasteiger partial charge < -0.3 is 21.7 Å². The van der Waals surface area contributed by atoms with Crippen molar-refractivity contribution in [3.05, 3.63) is 5.82 Å². The van der Waals surface area contributed by atoms with Crippen LogP contribution in [0.3, 0.4) is 0 Å². The third-order valence-electron chi connectivity index (χ3n) is 1.71. The predicted octanol–water partition coefficient (Wildman–Crippen LogP) is -1.34. The lowest BCUT2D eigenvalue weighted by molar-refractivity contribution is 0.113. The van der Waals surface area contributed by atoms with E-state index >= 15 is 0 Å². The largest absolute Gasteiger partial charge is 0.394 e. The second-order valence-corrected chi connectivity index (χ2v) is 4.28. The Balaban J connectivity index is 2.32. The fourth-order valence-corrected chi connectivity index (χ4v) is 1.88. The molecule has 0 saturated carbocycles. The van der Waals surface area contributed by atoms with E-state index < -0.39 is 6.10 Å². The molecule has 0 bridgehead atoms. The Morgan fingerprint density at radius 2 is 1.81 bits per heavy atom. The van der Waals surface area contributed by atoms with Gasteiger partial charge in [0.05, 0.1) is 12.7 Å². The van der Waals surface area contributed by atoms with E-state index in [9.17, 15) is 0 Å². The molecule has 0 spiro atoms. The van der Waals surface area contributed by atoms with E-state index in [-0.39, 0.29) is 18.5 Å². The van der Waals surface area contributed by atoms with Gasteiger partial charge in [-0.25, -0.2) is 0 Å². The van der Waals surface area contributed by atoms with Gasteiger partial charge in [0.15, 0.2) is 0 Å².